The summed E-state index contributed by atoms with van der Waals surface area (Å²) in [6, 6.07) is 2.22. The summed E-state index contributed by atoms with van der Waals surface area (Å²) in [6.45, 7) is 4.95. The van der Waals surface area contributed by atoms with Gasteiger partial charge in [-0.2, -0.15) is 5.10 Å². The summed E-state index contributed by atoms with van der Waals surface area (Å²) in [5.74, 6) is 0.932. The van der Waals surface area contributed by atoms with E-state index >= 15 is 0 Å². The van der Waals surface area contributed by atoms with Crippen molar-refractivity contribution in [3.8, 4) is 0 Å². The zero-order chi connectivity index (χ0) is 11.5. The van der Waals surface area contributed by atoms with Crippen molar-refractivity contribution >= 4 is 0 Å². The van der Waals surface area contributed by atoms with E-state index in [1.165, 1.54) is 0 Å². The fraction of sp³-hybridized carbons (Fsp3) is 0.417. The van der Waals surface area contributed by atoms with E-state index in [4.69, 9.17) is 4.42 Å². The summed E-state index contributed by atoms with van der Waals surface area (Å²) in [5, 5.41) is 7.63. The van der Waals surface area contributed by atoms with Gasteiger partial charge in [0.2, 0.25) is 0 Å². The molecule has 86 valence electrons. The predicted molar refractivity (Wildman–Crippen MR) is 62.2 cm³/mol. The molecular weight excluding hydrogens is 202 g/mol. The molecule has 0 fully saturated rings. The van der Waals surface area contributed by atoms with E-state index in [0.717, 1.165) is 23.4 Å². The van der Waals surface area contributed by atoms with Crippen LogP contribution in [0.15, 0.2) is 29.1 Å². The third-order valence-electron chi connectivity index (χ3n) is 2.55. The maximum atomic E-state index is 5.35. The molecule has 4 heteroatoms. The van der Waals surface area contributed by atoms with Gasteiger partial charge in [-0.25, -0.2) is 0 Å². The van der Waals surface area contributed by atoms with Crippen molar-refractivity contribution in [2.75, 3.05) is 6.54 Å². The van der Waals surface area contributed by atoms with Gasteiger partial charge in [0.25, 0.3) is 0 Å². The Morgan fingerprint density at radius 1 is 1.50 bits per heavy atom. The highest BCUT2D eigenvalue weighted by Crippen LogP contribution is 2.23. The first-order valence-corrected chi connectivity index (χ1v) is 5.47. The van der Waals surface area contributed by atoms with Crippen LogP contribution in [0.1, 0.15) is 29.9 Å². The van der Waals surface area contributed by atoms with Crippen LogP contribution in [0.3, 0.4) is 0 Å². The van der Waals surface area contributed by atoms with Crippen molar-refractivity contribution in [1.29, 1.82) is 0 Å². The predicted octanol–water partition coefficient (Wildman–Crippen LogP) is 2.02. The quantitative estimate of drug-likeness (QED) is 0.855. The summed E-state index contributed by atoms with van der Waals surface area (Å²) in [5.41, 5.74) is 2.30. The Labute approximate surface area is 95.3 Å². The van der Waals surface area contributed by atoms with E-state index in [1.807, 2.05) is 31.0 Å². The van der Waals surface area contributed by atoms with Gasteiger partial charge in [0.15, 0.2) is 0 Å². The van der Waals surface area contributed by atoms with Crippen LogP contribution in [0.5, 0.6) is 0 Å². The molecule has 1 unspecified atom stereocenters. The minimum absolute atomic E-state index is 0.163. The summed E-state index contributed by atoms with van der Waals surface area (Å²) in [4.78, 5) is 0. The monoisotopic (exact) mass is 219 g/mol. The Bertz CT molecular complexity index is 418. The third-order valence-corrected chi connectivity index (χ3v) is 2.55. The van der Waals surface area contributed by atoms with E-state index in [9.17, 15) is 0 Å². The van der Waals surface area contributed by atoms with E-state index < -0.39 is 0 Å². The Balaban J connectivity index is 2.30. The molecule has 0 bridgehead atoms. The van der Waals surface area contributed by atoms with Crippen molar-refractivity contribution < 1.29 is 4.42 Å². The second kappa shape index (κ2) is 4.53. The molecular formula is C12H17N3O. The molecule has 1 N–H and O–H groups in total. The molecule has 0 aliphatic heterocycles. The molecule has 2 heterocycles. The first-order chi connectivity index (χ1) is 7.70. The third kappa shape index (κ3) is 2.17. The zero-order valence-electron chi connectivity index (χ0n) is 9.90. The Hall–Kier alpha value is -1.55. The second-order valence-electron chi connectivity index (χ2n) is 3.93. The SMILES string of the molecule is CCNC(c1coc(C)c1)c1cnn(C)c1. The van der Waals surface area contributed by atoms with Crippen molar-refractivity contribution in [2.24, 2.45) is 7.05 Å². The summed E-state index contributed by atoms with van der Waals surface area (Å²) >= 11 is 0. The first-order valence-electron chi connectivity index (χ1n) is 5.47. The maximum absolute atomic E-state index is 5.35. The van der Waals surface area contributed by atoms with Gasteiger partial charge < -0.3 is 9.73 Å². The smallest absolute Gasteiger partial charge is 0.101 e. The van der Waals surface area contributed by atoms with Crippen molar-refractivity contribution in [1.82, 2.24) is 15.1 Å². The Kier molecular flexibility index (Phi) is 3.10. The van der Waals surface area contributed by atoms with E-state index in [2.05, 4.69) is 23.4 Å². The van der Waals surface area contributed by atoms with Crippen LogP contribution in [0.25, 0.3) is 0 Å². The molecule has 16 heavy (non-hydrogen) atoms. The van der Waals surface area contributed by atoms with E-state index in [-0.39, 0.29) is 6.04 Å². The highest BCUT2D eigenvalue weighted by Gasteiger charge is 2.16. The maximum Gasteiger partial charge on any atom is 0.101 e. The minimum atomic E-state index is 0.163. The highest BCUT2D eigenvalue weighted by atomic mass is 16.3. The molecule has 2 aromatic rings. The lowest BCUT2D eigenvalue weighted by molar-refractivity contribution is 0.525. The van der Waals surface area contributed by atoms with Gasteiger partial charge >= 0.3 is 0 Å². The minimum Gasteiger partial charge on any atom is -0.469 e. The van der Waals surface area contributed by atoms with Crippen LogP contribution in [0.2, 0.25) is 0 Å². The van der Waals surface area contributed by atoms with Gasteiger partial charge in [-0.05, 0) is 19.5 Å². The van der Waals surface area contributed by atoms with Crippen LogP contribution >= 0.6 is 0 Å². The van der Waals surface area contributed by atoms with Crippen LogP contribution < -0.4 is 5.32 Å². The summed E-state index contributed by atoms with van der Waals surface area (Å²) < 4.78 is 7.16. The summed E-state index contributed by atoms with van der Waals surface area (Å²) in [6.07, 6.45) is 5.71. The number of nitrogens with one attached hydrogen (secondary N) is 1. The average Bonchev–Trinajstić information content (AvgIpc) is 2.84. The van der Waals surface area contributed by atoms with E-state index in [1.54, 1.807) is 6.26 Å². The van der Waals surface area contributed by atoms with Gasteiger partial charge in [-0.1, -0.05) is 6.92 Å². The summed E-state index contributed by atoms with van der Waals surface area (Å²) in [7, 11) is 1.92. The van der Waals surface area contributed by atoms with Crippen LogP contribution in [-0.2, 0) is 7.05 Å². The Morgan fingerprint density at radius 2 is 2.31 bits per heavy atom. The molecule has 2 rings (SSSR count). The average molecular weight is 219 g/mol. The molecule has 0 saturated carbocycles. The molecule has 0 radical (unpaired) electrons. The molecule has 0 aliphatic carbocycles. The van der Waals surface area contributed by atoms with Crippen LogP contribution in [0.4, 0.5) is 0 Å². The van der Waals surface area contributed by atoms with Gasteiger partial charge in [-0.15, -0.1) is 0 Å². The fourth-order valence-corrected chi connectivity index (χ4v) is 1.84. The van der Waals surface area contributed by atoms with Crippen molar-refractivity contribution in [2.45, 2.75) is 19.9 Å². The molecule has 2 aromatic heterocycles. The number of nitrogens with zero attached hydrogens (tertiary/aromatic N) is 2. The first kappa shape index (κ1) is 11.0. The molecule has 0 amide bonds. The molecule has 0 aromatic carbocycles. The van der Waals surface area contributed by atoms with Crippen molar-refractivity contribution in [3.63, 3.8) is 0 Å². The Morgan fingerprint density at radius 3 is 2.81 bits per heavy atom. The standard InChI is InChI=1S/C12H17N3O/c1-4-13-12(10-5-9(2)16-8-10)11-6-14-15(3)7-11/h5-8,12-13H,4H2,1-3H3. The van der Waals surface area contributed by atoms with Crippen molar-refractivity contribution in [3.05, 3.63) is 41.6 Å². The molecule has 4 nitrogen and oxygen atoms in total. The number of aryl methyl sites for hydroxylation is 2. The van der Waals surface area contributed by atoms with Crippen LogP contribution in [0, 0.1) is 6.92 Å². The second-order valence-corrected chi connectivity index (χ2v) is 3.93. The number of rotatable bonds is 4. The van der Waals surface area contributed by atoms with E-state index in [0.29, 0.717) is 0 Å². The van der Waals surface area contributed by atoms with Gasteiger partial charge in [0.05, 0.1) is 18.5 Å². The van der Waals surface area contributed by atoms with Gasteiger partial charge in [-0.3, -0.25) is 4.68 Å². The number of furan rings is 1. The van der Waals surface area contributed by atoms with Crippen LogP contribution in [-0.4, -0.2) is 16.3 Å². The fourth-order valence-electron chi connectivity index (χ4n) is 1.84. The van der Waals surface area contributed by atoms with Gasteiger partial charge in [0.1, 0.15) is 5.76 Å². The molecule has 0 spiro atoms. The topological polar surface area (TPSA) is 43.0 Å². The number of hydrogen-bond donors (Lipinski definition) is 1. The lowest BCUT2D eigenvalue weighted by Gasteiger charge is -2.13. The van der Waals surface area contributed by atoms with Gasteiger partial charge in [0, 0.05) is 24.4 Å². The largest absolute Gasteiger partial charge is 0.469 e. The normalized spacial score (nSPS) is 12.9. The molecule has 1 atom stereocenters. The highest BCUT2D eigenvalue weighted by molar-refractivity contribution is 5.27. The molecule has 0 aliphatic rings. The number of aromatic nitrogens is 2. The molecule has 0 saturated heterocycles. The lowest BCUT2D eigenvalue weighted by atomic mass is 10.0. The lowest BCUT2D eigenvalue weighted by Crippen LogP contribution is -2.21. The number of hydrogen-bond acceptors (Lipinski definition) is 3. The zero-order valence-corrected chi connectivity index (χ0v) is 9.90.